The number of halogens is 1. The predicted octanol–water partition coefficient (Wildman–Crippen LogP) is 4.00. The van der Waals surface area contributed by atoms with Gasteiger partial charge in [0.05, 0.1) is 29.5 Å². The van der Waals surface area contributed by atoms with Gasteiger partial charge in [0.1, 0.15) is 12.1 Å². The van der Waals surface area contributed by atoms with Gasteiger partial charge in [-0.2, -0.15) is 5.10 Å². The van der Waals surface area contributed by atoms with Gasteiger partial charge < -0.3 is 4.42 Å². The number of carbonyl (C=O) groups is 1. The molecule has 3 heterocycles. The molecule has 1 aromatic carbocycles. The number of carbonyl (C=O) groups excluding carboxylic acids is 1. The van der Waals surface area contributed by atoms with Crippen molar-refractivity contribution in [2.24, 2.45) is 0 Å². The highest BCUT2D eigenvalue weighted by Crippen LogP contribution is 2.20. The fraction of sp³-hybridized carbons (Fsp3) is 0.238. The first-order chi connectivity index (χ1) is 14.4. The smallest absolute Gasteiger partial charge is 0.293 e. The Balaban J connectivity index is 1.40. The minimum atomic E-state index is -0.416. The van der Waals surface area contributed by atoms with Crippen molar-refractivity contribution < 1.29 is 9.21 Å². The molecule has 0 bridgehead atoms. The number of anilines is 1. The zero-order valence-corrected chi connectivity index (χ0v) is 17.6. The summed E-state index contributed by atoms with van der Waals surface area (Å²) in [7, 11) is 0. The average molecular weight is 425 g/mol. The molecule has 9 heteroatoms. The summed E-state index contributed by atoms with van der Waals surface area (Å²) in [5, 5.41) is 12.0. The Morgan fingerprint density at radius 2 is 1.97 bits per heavy atom. The van der Waals surface area contributed by atoms with E-state index in [0.717, 1.165) is 17.0 Å². The van der Waals surface area contributed by atoms with Crippen LogP contribution in [0.5, 0.6) is 0 Å². The van der Waals surface area contributed by atoms with Crippen LogP contribution in [-0.4, -0.2) is 30.5 Å². The number of amides is 1. The van der Waals surface area contributed by atoms with E-state index in [-0.39, 0.29) is 11.7 Å². The normalized spacial score (nSPS) is 11.1. The van der Waals surface area contributed by atoms with Crippen LogP contribution in [0.15, 0.2) is 47.1 Å². The Morgan fingerprint density at radius 1 is 1.13 bits per heavy atom. The van der Waals surface area contributed by atoms with Crippen LogP contribution in [0.3, 0.4) is 0 Å². The van der Waals surface area contributed by atoms with E-state index in [9.17, 15) is 4.79 Å². The second-order valence-corrected chi connectivity index (χ2v) is 7.50. The Labute approximate surface area is 178 Å². The van der Waals surface area contributed by atoms with Crippen LogP contribution in [0, 0.1) is 20.8 Å². The number of rotatable bonds is 6. The summed E-state index contributed by atoms with van der Waals surface area (Å²) in [4.78, 5) is 16.6. The molecule has 154 valence electrons. The predicted molar refractivity (Wildman–Crippen MR) is 113 cm³/mol. The van der Waals surface area contributed by atoms with Crippen LogP contribution in [0.1, 0.15) is 38.8 Å². The molecule has 3 aromatic heterocycles. The summed E-state index contributed by atoms with van der Waals surface area (Å²) in [6, 6.07) is 11.5. The van der Waals surface area contributed by atoms with Crippen molar-refractivity contribution in [2.75, 3.05) is 5.32 Å². The molecule has 30 heavy (non-hydrogen) atoms. The Bertz CT molecular complexity index is 1210. The van der Waals surface area contributed by atoms with Gasteiger partial charge in [-0.3, -0.25) is 14.8 Å². The quantitative estimate of drug-likeness (QED) is 0.505. The fourth-order valence-electron chi connectivity index (χ4n) is 3.15. The van der Waals surface area contributed by atoms with Gasteiger partial charge in [-0.15, -0.1) is 5.10 Å². The summed E-state index contributed by atoms with van der Waals surface area (Å²) in [5.74, 6) is 0.574. The van der Waals surface area contributed by atoms with Crippen molar-refractivity contribution in [1.29, 1.82) is 0 Å². The molecule has 0 aliphatic rings. The minimum Gasteiger partial charge on any atom is -0.454 e. The Kier molecular flexibility index (Phi) is 5.41. The number of aromatic nitrogens is 5. The monoisotopic (exact) mass is 424 g/mol. The first kappa shape index (κ1) is 19.9. The van der Waals surface area contributed by atoms with Crippen molar-refractivity contribution in [1.82, 2.24) is 24.5 Å². The highest BCUT2D eigenvalue weighted by atomic mass is 35.5. The maximum atomic E-state index is 12.5. The highest BCUT2D eigenvalue weighted by Gasteiger charge is 2.16. The Morgan fingerprint density at radius 3 is 2.70 bits per heavy atom. The summed E-state index contributed by atoms with van der Waals surface area (Å²) in [6.45, 7) is 6.73. The molecule has 4 rings (SSSR count). The molecule has 0 saturated heterocycles. The fourth-order valence-corrected chi connectivity index (χ4v) is 3.29. The first-order valence-electron chi connectivity index (χ1n) is 9.43. The molecule has 1 N–H and O–H groups in total. The van der Waals surface area contributed by atoms with Gasteiger partial charge in [-0.05, 0) is 38.5 Å². The van der Waals surface area contributed by atoms with Gasteiger partial charge in [0.25, 0.3) is 5.91 Å². The van der Waals surface area contributed by atoms with Crippen molar-refractivity contribution >= 4 is 23.5 Å². The number of furan rings is 1. The molecule has 4 aromatic rings. The van der Waals surface area contributed by atoms with Gasteiger partial charge in [0.2, 0.25) is 5.95 Å². The molecule has 8 nitrogen and oxygen atoms in total. The maximum absolute atomic E-state index is 12.5. The number of hydrogen-bond acceptors (Lipinski definition) is 5. The molecule has 0 aliphatic carbocycles. The van der Waals surface area contributed by atoms with Gasteiger partial charge in [0, 0.05) is 0 Å². The highest BCUT2D eigenvalue weighted by molar-refractivity contribution is 6.31. The van der Waals surface area contributed by atoms with Gasteiger partial charge in [0.15, 0.2) is 5.76 Å². The third-order valence-electron chi connectivity index (χ3n) is 4.67. The topological polar surface area (TPSA) is 90.8 Å². The third kappa shape index (κ3) is 4.28. The second-order valence-electron chi connectivity index (χ2n) is 7.12. The molecule has 0 unspecified atom stereocenters. The van der Waals surface area contributed by atoms with Crippen LogP contribution < -0.4 is 5.32 Å². The van der Waals surface area contributed by atoms with E-state index in [4.69, 9.17) is 16.0 Å². The van der Waals surface area contributed by atoms with Crippen LogP contribution in [0.25, 0.3) is 0 Å². The second kappa shape index (κ2) is 8.16. The zero-order chi connectivity index (χ0) is 21.3. The molecule has 0 aliphatic heterocycles. The van der Waals surface area contributed by atoms with Crippen molar-refractivity contribution in [3.8, 4) is 0 Å². The molecule has 0 saturated carbocycles. The zero-order valence-electron chi connectivity index (χ0n) is 16.9. The number of hydrogen-bond donors (Lipinski definition) is 1. The molecule has 0 radical (unpaired) electrons. The summed E-state index contributed by atoms with van der Waals surface area (Å²) in [6.07, 6.45) is 1.58. The largest absolute Gasteiger partial charge is 0.454 e. The van der Waals surface area contributed by atoms with E-state index in [1.807, 2.05) is 39.0 Å². The molecule has 0 spiro atoms. The van der Waals surface area contributed by atoms with Crippen molar-refractivity contribution in [2.45, 2.75) is 33.9 Å². The average Bonchev–Trinajstić information content (AvgIpc) is 3.40. The molecule has 0 atom stereocenters. The molecule has 1 amide bonds. The maximum Gasteiger partial charge on any atom is 0.293 e. The summed E-state index contributed by atoms with van der Waals surface area (Å²) in [5.41, 5.74) is 3.89. The third-order valence-corrected chi connectivity index (χ3v) is 5.22. The number of nitrogens with one attached hydrogen (secondary N) is 1. The van der Waals surface area contributed by atoms with Crippen molar-refractivity contribution in [3.63, 3.8) is 0 Å². The minimum absolute atomic E-state index is 0.174. The van der Waals surface area contributed by atoms with Crippen LogP contribution >= 0.6 is 11.6 Å². The lowest BCUT2D eigenvalue weighted by Crippen LogP contribution is -2.13. The van der Waals surface area contributed by atoms with E-state index in [0.29, 0.717) is 23.9 Å². The van der Waals surface area contributed by atoms with Crippen molar-refractivity contribution in [3.05, 3.63) is 81.8 Å². The van der Waals surface area contributed by atoms with Crippen LogP contribution in [0.4, 0.5) is 5.95 Å². The number of aryl methyl sites for hydroxylation is 2. The van der Waals surface area contributed by atoms with E-state index >= 15 is 0 Å². The molecular weight excluding hydrogens is 404 g/mol. The SMILES string of the molecule is Cc1cccc(Cn2cnc(NC(=O)c3ccc(Cn4nc(C)c(Cl)c4C)o3)n2)c1. The number of nitrogens with zero attached hydrogens (tertiary/aromatic N) is 5. The summed E-state index contributed by atoms with van der Waals surface area (Å²) >= 11 is 6.18. The van der Waals surface area contributed by atoms with E-state index in [1.54, 1.807) is 27.8 Å². The van der Waals surface area contributed by atoms with Crippen LogP contribution in [0.2, 0.25) is 5.02 Å². The Hall–Kier alpha value is -3.39. The van der Waals surface area contributed by atoms with E-state index in [1.165, 1.54) is 5.56 Å². The lowest BCUT2D eigenvalue weighted by molar-refractivity contribution is 0.0993. The first-order valence-corrected chi connectivity index (χ1v) is 9.81. The molecular formula is C21H21ClN6O2. The van der Waals surface area contributed by atoms with E-state index in [2.05, 4.69) is 26.6 Å². The number of benzene rings is 1. The van der Waals surface area contributed by atoms with Crippen LogP contribution in [-0.2, 0) is 13.1 Å². The lowest BCUT2D eigenvalue weighted by Gasteiger charge is -2.02. The van der Waals surface area contributed by atoms with Gasteiger partial charge >= 0.3 is 0 Å². The standard InChI is InChI=1S/C21H21ClN6O2/c1-13-5-4-6-16(9-13)10-27-12-23-21(26-27)24-20(29)18-8-7-17(30-18)11-28-15(3)19(22)14(2)25-28/h4-9,12H,10-11H2,1-3H3,(H,24,26,29). The van der Waals surface area contributed by atoms with Gasteiger partial charge in [-0.1, -0.05) is 41.4 Å². The summed E-state index contributed by atoms with van der Waals surface area (Å²) < 4.78 is 9.08. The molecule has 0 fully saturated rings. The lowest BCUT2D eigenvalue weighted by atomic mass is 10.1. The van der Waals surface area contributed by atoms with Gasteiger partial charge in [-0.25, -0.2) is 9.67 Å². The van der Waals surface area contributed by atoms with E-state index < -0.39 is 5.91 Å².